The quantitative estimate of drug-likeness (QED) is 0.733. The lowest BCUT2D eigenvalue weighted by Crippen LogP contribution is -2.43. The number of hydrogen-bond donors (Lipinski definition) is 2. The van der Waals surface area contributed by atoms with Crippen LogP contribution >= 0.6 is 12.4 Å². The Morgan fingerprint density at radius 1 is 1.17 bits per heavy atom. The fourth-order valence-electron chi connectivity index (χ4n) is 3.44. The van der Waals surface area contributed by atoms with E-state index in [1.807, 2.05) is 7.05 Å². The minimum absolute atomic E-state index is 0. The number of sulfonamides is 1. The van der Waals surface area contributed by atoms with Crippen molar-refractivity contribution in [3.8, 4) is 0 Å². The molecule has 2 fully saturated rings. The van der Waals surface area contributed by atoms with Crippen LogP contribution in [0.5, 0.6) is 0 Å². The SMILES string of the molecule is CNCC1CCN(C(=O)CS(=O)(=O)NC2CCC(C)CC2)C1.Cl. The maximum Gasteiger partial charge on any atom is 0.239 e. The van der Waals surface area contributed by atoms with Gasteiger partial charge in [0.1, 0.15) is 5.75 Å². The van der Waals surface area contributed by atoms with E-state index in [1.54, 1.807) is 4.90 Å². The summed E-state index contributed by atoms with van der Waals surface area (Å²) < 4.78 is 27.1. The largest absolute Gasteiger partial charge is 0.341 e. The third kappa shape index (κ3) is 6.57. The summed E-state index contributed by atoms with van der Waals surface area (Å²) in [5.41, 5.74) is 0. The van der Waals surface area contributed by atoms with Crippen molar-refractivity contribution in [3.63, 3.8) is 0 Å². The van der Waals surface area contributed by atoms with Crippen LogP contribution in [0.2, 0.25) is 0 Å². The molecule has 1 unspecified atom stereocenters. The smallest absolute Gasteiger partial charge is 0.239 e. The van der Waals surface area contributed by atoms with Crippen LogP contribution in [0.4, 0.5) is 0 Å². The molecule has 0 spiro atoms. The molecule has 1 saturated carbocycles. The van der Waals surface area contributed by atoms with E-state index < -0.39 is 15.8 Å². The number of carbonyl (C=O) groups excluding carboxylic acids is 1. The Labute approximate surface area is 146 Å². The normalized spacial score (nSPS) is 28.4. The van der Waals surface area contributed by atoms with Gasteiger partial charge in [-0.25, -0.2) is 13.1 Å². The van der Waals surface area contributed by atoms with Crippen LogP contribution in [0.3, 0.4) is 0 Å². The van der Waals surface area contributed by atoms with Crippen LogP contribution in [-0.4, -0.2) is 57.7 Å². The number of hydrogen-bond acceptors (Lipinski definition) is 4. The minimum atomic E-state index is -3.52. The molecule has 2 aliphatic rings. The van der Waals surface area contributed by atoms with Gasteiger partial charge in [0.2, 0.25) is 15.9 Å². The summed E-state index contributed by atoms with van der Waals surface area (Å²) in [7, 11) is -1.63. The third-order valence-electron chi connectivity index (χ3n) is 4.81. The molecular weight excluding hydrogens is 338 g/mol. The molecule has 8 heteroatoms. The highest BCUT2D eigenvalue weighted by atomic mass is 35.5. The molecule has 6 nitrogen and oxygen atoms in total. The summed E-state index contributed by atoms with van der Waals surface area (Å²) in [6.07, 6.45) is 4.81. The highest BCUT2D eigenvalue weighted by molar-refractivity contribution is 7.90. The van der Waals surface area contributed by atoms with Crippen LogP contribution in [0.15, 0.2) is 0 Å². The van der Waals surface area contributed by atoms with Crippen molar-refractivity contribution in [2.45, 2.75) is 45.1 Å². The van der Waals surface area contributed by atoms with Crippen molar-refractivity contribution in [1.29, 1.82) is 0 Å². The highest BCUT2D eigenvalue weighted by Crippen LogP contribution is 2.24. The summed E-state index contributed by atoms with van der Waals surface area (Å²) >= 11 is 0. The Morgan fingerprint density at radius 3 is 2.43 bits per heavy atom. The van der Waals surface area contributed by atoms with Gasteiger partial charge < -0.3 is 10.2 Å². The number of carbonyl (C=O) groups is 1. The van der Waals surface area contributed by atoms with E-state index in [0.717, 1.165) is 38.6 Å². The van der Waals surface area contributed by atoms with Gasteiger partial charge in [-0.2, -0.15) is 0 Å². The fraction of sp³-hybridized carbons (Fsp3) is 0.933. The van der Waals surface area contributed by atoms with Crippen molar-refractivity contribution >= 4 is 28.3 Å². The molecule has 0 aromatic rings. The minimum Gasteiger partial charge on any atom is -0.341 e. The molecule has 1 atom stereocenters. The van der Waals surface area contributed by atoms with E-state index in [1.165, 1.54) is 0 Å². The first kappa shape index (κ1) is 20.7. The molecule has 0 aromatic carbocycles. The lowest BCUT2D eigenvalue weighted by Gasteiger charge is -2.27. The van der Waals surface area contributed by atoms with E-state index in [-0.39, 0.29) is 24.4 Å². The maximum absolute atomic E-state index is 12.2. The van der Waals surface area contributed by atoms with Crippen LogP contribution in [0.25, 0.3) is 0 Å². The number of rotatable bonds is 6. The molecular formula is C15H30ClN3O3S. The first-order valence-electron chi connectivity index (χ1n) is 8.32. The van der Waals surface area contributed by atoms with Crippen LogP contribution in [-0.2, 0) is 14.8 Å². The Bertz CT molecular complexity index is 478. The Kier molecular flexibility index (Phi) is 8.27. The van der Waals surface area contributed by atoms with Gasteiger partial charge in [-0.05, 0) is 57.5 Å². The average Bonchev–Trinajstić information content (AvgIpc) is 2.90. The molecule has 0 bridgehead atoms. The van der Waals surface area contributed by atoms with Crippen molar-refractivity contribution in [2.24, 2.45) is 11.8 Å². The maximum atomic E-state index is 12.2. The number of nitrogens with zero attached hydrogens (tertiary/aromatic N) is 1. The number of halogens is 1. The predicted molar refractivity (Wildman–Crippen MR) is 94.2 cm³/mol. The third-order valence-corrected chi connectivity index (χ3v) is 6.13. The summed E-state index contributed by atoms with van der Waals surface area (Å²) in [6, 6.07) is 0.00428. The Balaban J connectivity index is 0.00000264. The van der Waals surface area contributed by atoms with E-state index in [4.69, 9.17) is 0 Å². The van der Waals surface area contributed by atoms with Gasteiger partial charge >= 0.3 is 0 Å². The van der Waals surface area contributed by atoms with Gasteiger partial charge in [0, 0.05) is 19.1 Å². The molecule has 1 aliphatic heterocycles. The standard InChI is InChI=1S/C15H29N3O3S.ClH/c1-12-3-5-14(6-4-12)17-22(20,21)11-15(19)18-8-7-13(10-18)9-16-2;/h12-14,16-17H,3-11H2,1-2H3;1H. The molecule has 136 valence electrons. The van der Waals surface area contributed by atoms with E-state index in [0.29, 0.717) is 24.9 Å². The van der Waals surface area contributed by atoms with Gasteiger partial charge in [-0.1, -0.05) is 6.92 Å². The summed E-state index contributed by atoms with van der Waals surface area (Å²) in [6.45, 7) is 4.40. The van der Waals surface area contributed by atoms with Gasteiger partial charge in [0.25, 0.3) is 0 Å². The molecule has 1 amide bonds. The molecule has 23 heavy (non-hydrogen) atoms. The monoisotopic (exact) mass is 367 g/mol. The van der Waals surface area contributed by atoms with Crippen molar-refractivity contribution in [3.05, 3.63) is 0 Å². The molecule has 2 N–H and O–H groups in total. The number of nitrogens with one attached hydrogen (secondary N) is 2. The first-order valence-corrected chi connectivity index (χ1v) is 9.97. The molecule has 2 rings (SSSR count). The predicted octanol–water partition coefficient (Wildman–Crippen LogP) is 0.974. The molecule has 1 heterocycles. The molecule has 1 saturated heterocycles. The Hall–Kier alpha value is -0.370. The number of likely N-dealkylation sites (tertiary alicyclic amines) is 1. The van der Waals surface area contributed by atoms with Gasteiger partial charge in [0.15, 0.2) is 0 Å². The van der Waals surface area contributed by atoms with E-state index in [9.17, 15) is 13.2 Å². The topological polar surface area (TPSA) is 78.5 Å². The summed E-state index contributed by atoms with van der Waals surface area (Å²) in [5.74, 6) is 0.432. The zero-order valence-electron chi connectivity index (χ0n) is 14.1. The van der Waals surface area contributed by atoms with Gasteiger partial charge in [0.05, 0.1) is 0 Å². The lowest BCUT2D eigenvalue weighted by atomic mass is 9.88. The number of amides is 1. The molecule has 0 aromatic heterocycles. The van der Waals surface area contributed by atoms with Crippen molar-refractivity contribution in [1.82, 2.24) is 14.9 Å². The molecule has 0 radical (unpaired) electrons. The average molecular weight is 368 g/mol. The van der Waals surface area contributed by atoms with E-state index in [2.05, 4.69) is 17.0 Å². The second-order valence-electron chi connectivity index (χ2n) is 6.89. The molecule has 1 aliphatic carbocycles. The Morgan fingerprint density at radius 2 is 1.83 bits per heavy atom. The fourth-order valence-corrected chi connectivity index (χ4v) is 4.78. The van der Waals surface area contributed by atoms with Crippen molar-refractivity contribution in [2.75, 3.05) is 32.4 Å². The van der Waals surface area contributed by atoms with Crippen LogP contribution in [0, 0.1) is 11.8 Å². The van der Waals surface area contributed by atoms with Crippen LogP contribution in [0.1, 0.15) is 39.0 Å². The zero-order chi connectivity index (χ0) is 16.2. The van der Waals surface area contributed by atoms with E-state index >= 15 is 0 Å². The van der Waals surface area contributed by atoms with Crippen molar-refractivity contribution < 1.29 is 13.2 Å². The van der Waals surface area contributed by atoms with Gasteiger partial charge in [-0.3, -0.25) is 4.79 Å². The summed E-state index contributed by atoms with van der Waals surface area (Å²) in [5, 5.41) is 3.11. The highest BCUT2D eigenvalue weighted by Gasteiger charge is 2.30. The summed E-state index contributed by atoms with van der Waals surface area (Å²) in [4.78, 5) is 13.9. The van der Waals surface area contributed by atoms with Gasteiger partial charge in [-0.15, -0.1) is 12.4 Å². The second kappa shape index (κ2) is 9.20. The first-order chi connectivity index (χ1) is 10.4. The lowest BCUT2D eigenvalue weighted by molar-refractivity contribution is -0.127. The van der Waals surface area contributed by atoms with Crippen LogP contribution < -0.4 is 10.0 Å². The second-order valence-corrected chi connectivity index (χ2v) is 8.64. The zero-order valence-corrected chi connectivity index (χ0v) is 15.7.